The van der Waals surface area contributed by atoms with Gasteiger partial charge in [-0.1, -0.05) is 6.07 Å². The maximum Gasteiger partial charge on any atom is 0.409 e. The fourth-order valence-electron chi connectivity index (χ4n) is 3.30. The Morgan fingerprint density at radius 3 is 2.92 bits per heavy atom. The van der Waals surface area contributed by atoms with Gasteiger partial charge in [0.2, 0.25) is 0 Å². The number of nitrogens with zero attached hydrogens (tertiary/aromatic N) is 3. The Labute approximate surface area is 152 Å². The molecular formula is C18H24N4O4. The van der Waals surface area contributed by atoms with Crippen molar-refractivity contribution in [1.29, 1.82) is 0 Å². The van der Waals surface area contributed by atoms with Crippen LogP contribution in [-0.2, 0) is 4.74 Å². The van der Waals surface area contributed by atoms with Crippen molar-refractivity contribution in [2.75, 3.05) is 39.3 Å². The number of urea groups is 1. The van der Waals surface area contributed by atoms with Crippen LogP contribution in [0.1, 0.15) is 29.8 Å². The molecule has 26 heavy (non-hydrogen) atoms. The molecule has 0 aromatic carbocycles. The molecule has 2 saturated heterocycles. The number of nitrogens with one attached hydrogen (secondary N) is 1. The van der Waals surface area contributed by atoms with Crippen molar-refractivity contribution >= 4 is 17.9 Å². The number of ether oxygens (including phenoxy) is 1. The predicted octanol–water partition coefficient (Wildman–Crippen LogP) is 1.53. The van der Waals surface area contributed by atoms with Gasteiger partial charge in [0.15, 0.2) is 5.78 Å². The molecule has 1 aromatic heterocycles. The number of likely N-dealkylation sites (tertiary alicyclic amines) is 1. The van der Waals surface area contributed by atoms with E-state index in [1.54, 1.807) is 34.2 Å². The van der Waals surface area contributed by atoms with Crippen LogP contribution in [0.3, 0.4) is 0 Å². The number of aromatic nitrogens is 1. The van der Waals surface area contributed by atoms with Crippen LogP contribution in [0, 0.1) is 5.92 Å². The van der Waals surface area contributed by atoms with Crippen LogP contribution in [0.25, 0.3) is 0 Å². The monoisotopic (exact) mass is 360 g/mol. The van der Waals surface area contributed by atoms with Crippen LogP contribution in [0.5, 0.6) is 0 Å². The van der Waals surface area contributed by atoms with Crippen LogP contribution < -0.4 is 5.32 Å². The average Bonchev–Trinajstić information content (AvgIpc) is 2.69. The minimum Gasteiger partial charge on any atom is -0.449 e. The number of hydrogen-bond acceptors (Lipinski definition) is 5. The second kappa shape index (κ2) is 8.64. The van der Waals surface area contributed by atoms with E-state index in [4.69, 9.17) is 4.74 Å². The number of carbonyl (C=O) groups is 3. The van der Waals surface area contributed by atoms with E-state index in [0.717, 1.165) is 19.3 Å². The highest BCUT2D eigenvalue weighted by molar-refractivity contribution is 5.96. The third kappa shape index (κ3) is 4.50. The van der Waals surface area contributed by atoms with Gasteiger partial charge in [0.05, 0.1) is 6.61 Å². The van der Waals surface area contributed by atoms with Crippen LogP contribution >= 0.6 is 0 Å². The Bertz CT molecular complexity index is 652. The van der Waals surface area contributed by atoms with Gasteiger partial charge in [-0.15, -0.1) is 0 Å². The number of carbonyl (C=O) groups excluding carboxylic acids is 3. The van der Waals surface area contributed by atoms with E-state index in [-0.39, 0.29) is 23.8 Å². The zero-order valence-electron chi connectivity index (χ0n) is 14.7. The predicted molar refractivity (Wildman–Crippen MR) is 93.8 cm³/mol. The largest absolute Gasteiger partial charge is 0.449 e. The minimum atomic E-state index is -0.329. The number of pyridine rings is 1. The Balaban J connectivity index is 1.47. The van der Waals surface area contributed by atoms with Crippen molar-refractivity contribution in [3.05, 3.63) is 30.1 Å². The smallest absolute Gasteiger partial charge is 0.409 e. The molecule has 3 amide bonds. The number of Topliss-reactive ketones (excluding diaryl/α,β-unsaturated/α-hetero) is 1. The van der Waals surface area contributed by atoms with Crippen LogP contribution in [0.2, 0.25) is 0 Å². The number of ketones is 1. The number of cyclic esters (lactones) is 1. The standard InChI is InChI=1S/C18H24N4O4/c23-16(15-6-1-2-7-19-15)14-5-3-9-22(13-14)17(24)20-8-11-21-10-4-12-26-18(21)25/h1-2,6-7,14H,3-5,8-13H2,(H,20,24)/t14-/m1/s1. The molecular weight excluding hydrogens is 336 g/mol. The van der Waals surface area contributed by atoms with Gasteiger partial charge in [-0.05, 0) is 31.4 Å². The lowest BCUT2D eigenvalue weighted by atomic mass is 9.92. The van der Waals surface area contributed by atoms with E-state index in [9.17, 15) is 14.4 Å². The lowest BCUT2D eigenvalue weighted by Gasteiger charge is -2.32. The summed E-state index contributed by atoms with van der Waals surface area (Å²) >= 11 is 0. The van der Waals surface area contributed by atoms with Crippen molar-refractivity contribution in [2.24, 2.45) is 5.92 Å². The van der Waals surface area contributed by atoms with Gasteiger partial charge in [-0.2, -0.15) is 0 Å². The van der Waals surface area contributed by atoms with Crippen LogP contribution in [0.15, 0.2) is 24.4 Å². The summed E-state index contributed by atoms with van der Waals surface area (Å²) in [5.41, 5.74) is 0.448. The van der Waals surface area contributed by atoms with E-state index in [0.29, 0.717) is 45.0 Å². The molecule has 140 valence electrons. The van der Waals surface area contributed by atoms with Gasteiger partial charge in [0, 0.05) is 44.8 Å². The van der Waals surface area contributed by atoms with E-state index >= 15 is 0 Å². The normalized spacial score (nSPS) is 20.5. The van der Waals surface area contributed by atoms with Gasteiger partial charge in [-0.3, -0.25) is 9.78 Å². The molecule has 1 N–H and O–H groups in total. The first kappa shape index (κ1) is 18.2. The average molecular weight is 360 g/mol. The highest BCUT2D eigenvalue weighted by Crippen LogP contribution is 2.20. The molecule has 0 saturated carbocycles. The molecule has 8 nitrogen and oxygen atoms in total. The van der Waals surface area contributed by atoms with Crippen molar-refractivity contribution in [3.8, 4) is 0 Å². The number of piperidine rings is 1. The van der Waals surface area contributed by atoms with E-state index in [2.05, 4.69) is 10.3 Å². The summed E-state index contributed by atoms with van der Waals surface area (Å²) in [4.78, 5) is 43.9. The molecule has 3 rings (SSSR count). The first-order valence-corrected chi connectivity index (χ1v) is 9.05. The van der Waals surface area contributed by atoms with Crippen molar-refractivity contribution in [2.45, 2.75) is 19.3 Å². The Kier molecular flexibility index (Phi) is 6.04. The summed E-state index contributed by atoms with van der Waals surface area (Å²) in [5.74, 6) is -0.236. The van der Waals surface area contributed by atoms with E-state index in [1.165, 1.54) is 0 Å². The quantitative estimate of drug-likeness (QED) is 0.804. The molecule has 0 bridgehead atoms. The Morgan fingerprint density at radius 2 is 2.15 bits per heavy atom. The topological polar surface area (TPSA) is 91.8 Å². The Morgan fingerprint density at radius 1 is 1.27 bits per heavy atom. The number of amides is 3. The van der Waals surface area contributed by atoms with Gasteiger partial charge in [-0.25, -0.2) is 9.59 Å². The van der Waals surface area contributed by atoms with Crippen molar-refractivity contribution < 1.29 is 19.1 Å². The fraction of sp³-hybridized carbons (Fsp3) is 0.556. The molecule has 3 heterocycles. The molecule has 0 spiro atoms. The summed E-state index contributed by atoms with van der Waals surface area (Å²) in [6.45, 7) is 2.93. The molecule has 0 aliphatic carbocycles. The first-order chi connectivity index (χ1) is 12.6. The van der Waals surface area contributed by atoms with Gasteiger partial charge in [0.1, 0.15) is 5.69 Å². The van der Waals surface area contributed by atoms with E-state index < -0.39 is 0 Å². The molecule has 2 fully saturated rings. The zero-order chi connectivity index (χ0) is 18.4. The molecule has 0 unspecified atom stereocenters. The molecule has 8 heteroatoms. The fourth-order valence-corrected chi connectivity index (χ4v) is 3.30. The molecule has 1 aromatic rings. The second-order valence-electron chi connectivity index (χ2n) is 6.55. The maximum atomic E-state index is 12.5. The number of rotatable bonds is 5. The maximum absolute atomic E-state index is 12.5. The third-order valence-corrected chi connectivity index (χ3v) is 4.71. The SMILES string of the molecule is O=C(c1ccccn1)[C@@H]1CCCN(C(=O)NCCN2CCCOC2=O)C1. The van der Waals surface area contributed by atoms with Crippen LogP contribution in [-0.4, -0.2) is 72.0 Å². The highest BCUT2D eigenvalue weighted by Gasteiger charge is 2.29. The molecule has 2 aliphatic heterocycles. The first-order valence-electron chi connectivity index (χ1n) is 9.05. The summed E-state index contributed by atoms with van der Waals surface area (Å²) < 4.78 is 4.97. The summed E-state index contributed by atoms with van der Waals surface area (Å²) in [5, 5.41) is 2.83. The van der Waals surface area contributed by atoms with Gasteiger partial charge < -0.3 is 19.9 Å². The van der Waals surface area contributed by atoms with Crippen molar-refractivity contribution in [1.82, 2.24) is 20.1 Å². The highest BCUT2D eigenvalue weighted by atomic mass is 16.6. The molecule has 0 radical (unpaired) electrons. The summed E-state index contributed by atoms with van der Waals surface area (Å²) in [7, 11) is 0. The lowest BCUT2D eigenvalue weighted by molar-refractivity contribution is 0.0727. The van der Waals surface area contributed by atoms with Crippen LogP contribution in [0.4, 0.5) is 9.59 Å². The Hall–Kier alpha value is -2.64. The lowest BCUT2D eigenvalue weighted by Crippen LogP contribution is -2.49. The molecule has 1 atom stereocenters. The summed E-state index contributed by atoms with van der Waals surface area (Å²) in [6.07, 6.45) is 3.63. The number of hydrogen-bond donors (Lipinski definition) is 1. The third-order valence-electron chi connectivity index (χ3n) is 4.71. The minimum absolute atomic E-state index is 0.0147. The summed E-state index contributed by atoms with van der Waals surface area (Å²) in [6, 6.07) is 5.07. The molecule has 2 aliphatic rings. The second-order valence-corrected chi connectivity index (χ2v) is 6.55. The van der Waals surface area contributed by atoms with Gasteiger partial charge >= 0.3 is 12.1 Å². The van der Waals surface area contributed by atoms with E-state index in [1.807, 2.05) is 0 Å². The zero-order valence-corrected chi connectivity index (χ0v) is 14.7. The van der Waals surface area contributed by atoms with Crippen molar-refractivity contribution in [3.63, 3.8) is 0 Å². The van der Waals surface area contributed by atoms with Gasteiger partial charge in [0.25, 0.3) is 0 Å².